The summed E-state index contributed by atoms with van der Waals surface area (Å²) in [6, 6.07) is 78.7. The van der Waals surface area contributed by atoms with Crippen LogP contribution in [0.15, 0.2) is 239 Å². The van der Waals surface area contributed by atoms with Gasteiger partial charge in [-0.25, -0.2) is 9.98 Å². The lowest BCUT2D eigenvalue weighted by atomic mass is 9.95. The predicted molar refractivity (Wildman–Crippen MR) is 287 cm³/mol. The van der Waals surface area contributed by atoms with Gasteiger partial charge in [0.15, 0.2) is 5.84 Å². The van der Waals surface area contributed by atoms with Gasteiger partial charge in [0.05, 0.1) is 22.4 Å². The third-order valence-electron chi connectivity index (χ3n) is 14.0. The van der Waals surface area contributed by atoms with Gasteiger partial charge in [-0.15, -0.1) is 0 Å². The van der Waals surface area contributed by atoms with Crippen LogP contribution in [0.4, 0.5) is 0 Å². The van der Waals surface area contributed by atoms with Gasteiger partial charge in [0, 0.05) is 38.4 Å². The summed E-state index contributed by atoms with van der Waals surface area (Å²) in [5.41, 5.74) is 12.2. The Bertz CT molecular complexity index is 4320. The molecule has 0 N–H and O–H groups in total. The van der Waals surface area contributed by atoms with Crippen molar-refractivity contribution in [2.45, 2.75) is 12.8 Å². The third kappa shape index (κ3) is 6.22. The second-order valence-corrected chi connectivity index (χ2v) is 18.0. The van der Waals surface area contributed by atoms with Crippen molar-refractivity contribution in [2.24, 2.45) is 9.98 Å². The number of aromatic nitrogens is 1. The van der Waals surface area contributed by atoms with Crippen LogP contribution in [0.5, 0.6) is 0 Å². The van der Waals surface area contributed by atoms with Gasteiger partial charge >= 0.3 is 0 Å². The van der Waals surface area contributed by atoms with Gasteiger partial charge in [-0.1, -0.05) is 170 Å². The zero-order valence-corrected chi connectivity index (χ0v) is 37.0. The van der Waals surface area contributed by atoms with E-state index in [0.717, 1.165) is 101 Å². The van der Waals surface area contributed by atoms with Crippen LogP contribution in [-0.2, 0) is 0 Å². The number of hydrogen-bond donors (Lipinski definition) is 0. The van der Waals surface area contributed by atoms with Crippen molar-refractivity contribution in [3.05, 3.63) is 241 Å². The largest absolute Gasteiger partial charge is 0.455 e. The Kier molecular flexibility index (Phi) is 8.68. The quantitative estimate of drug-likeness (QED) is 0.159. The van der Waals surface area contributed by atoms with E-state index in [0.29, 0.717) is 5.84 Å². The van der Waals surface area contributed by atoms with Crippen molar-refractivity contribution in [1.82, 2.24) is 4.57 Å². The van der Waals surface area contributed by atoms with E-state index in [1.165, 1.54) is 43.3 Å². The van der Waals surface area contributed by atoms with E-state index in [1.807, 2.05) is 0 Å². The fourth-order valence-corrected chi connectivity index (χ4v) is 10.8. The molecular formula is C64H41N3O. The number of para-hydroxylation sites is 1. The van der Waals surface area contributed by atoms with E-state index in [4.69, 9.17) is 14.4 Å². The van der Waals surface area contributed by atoms with Crippen LogP contribution >= 0.6 is 0 Å². The fraction of sp³-hybridized carbons (Fsp3) is 0.0312. The van der Waals surface area contributed by atoms with Crippen LogP contribution in [0.2, 0.25) is 0 Å². The highest BCUT2D eigenvalue weighted by Crippen LogP contribution is 2.42. The maximum absolute atomic E-state index is 7.08. The summed E-state index contributed by atoms with van der Waals surface area (Å²) < 4.78 is 9.51. The summed E-state index contributed by atoms with van der Waals surface area (Å²) in [6.45, 7) is 0. The molecule has 0 aliphatic carbocycles. The normalized spacial score (nSPS) is 15.7. The monoisotopic (exact) mass is 867 g/mol. The maximum atomic E-state index is 7.08. The van der Waals surface area contributed by atoms with E-state index in [2.05, 4.69) is 229 Å². The Morgan fingerprint density at radius 3 is 1.82 bits per heavy atom. The van der Waals surface area contributed by atoms with Crippen molar-refractivity contribution < 1.29 is 4.42 Å². The molecule has 4 heteroatoms. The first-order chi connectivity index (χ1) is 33.7. The Labute approximate surface area is 392 Å². The summed E-state index contributed by atoms with van der Waals surface area (Å²) in [7, 11) is 0. The SMILES string of the molecule is C1=C(c2cc(-n3c4ccccc4c4cc5ccccc5cc43)cc3c2oc2cc4ccccc4cc23)/N=C(c2cc3ccccc3c3ccccc23)\N=C(\c2cccc(-c3ccccc3)c2)CC\1. The summed E-state index contributed by atoms with van der Waals surface area (Å²) in [5.74, 6) is 0.668. The molecule has 2 aromatic heterocycles. The summed E-state index contributed by atoms with van der Waals surface area (Å²) in [5, 5.41) is 13.9. The first-order valence-electron chi connectivity index (χ1n) is 23.4. The zero-order chi connectivity index (χ0) is 44.7. The first-order valence-corrected chi connectivity index (χ1v) is 23.4. The number of rotatable bonds is 5. The molecular weight excluding hydrogens is 827 g/mol. The minimum absolute atomic E-state index is 0.668. The van der Waals surface area contributed by atoms with Gasteiger partial charge in [-0.3, -0.25) is 0 Å². The van der Waals surface area contributed by atoms with Crippen molar-refractivity contribution in [1.29, 1.82) is 0 Å². The smallest absolute Gasteiger partial charge is 0.160 e. The molecule has 11 aromatic carbocycles. The van der Waals surface area contributed by atoms with Gasteiger partial charge in [-0.2, -0.15) is 0 Å². The molecule has 0 unspecified atom stereocenters. The molecule has 318 valence electrons. The van der Waals surface area contributed by atoms with Crippen LogP contribution in [0.25, 0.3) is 109 Å². The summed E-state index contributed by atoms with van der Waals surface area (Å²) in [6.07, 6.45) is 3.76. The van der Waals surface area contributed by atoms with Crippen LogP contribution in [-0.4, -0.2) is 16.1 Å². The molecule has 14 rings (SSSR count). The van der Waals surface area contributed by atoms with Gasteiger partial charge in [-0.05, 0) is 127 Å². The molecule has 0 spiro atoms. The summed E-state index contributed by atoms with van der Waals surface area (Å²) in [4.78, 5) is 11.5. The number of amidine groups is 1. The molecule has 0 bridgehead atoms. The molecule has 13 aromatic rings. The molecule has 1 aliphatic heterocycles. The van der Waals surface area contributed by atoms with Gasteiger partial charge in [0.25, 0.3) is 0 Å². The maximum Gasteiger partial charge on any atom is 0.160 e. The lowest BCUT2D eigenvalue weighted by Gasteiger charge is -2.17. The molecule has 4 nitrogen and oxygen atoms in total. The molecule has 3 heterocycles. The van der Waals surface area contributed by atoms with E-state index in [-0.39, 0.29) is 0 Å². The van der Waals surface area contributed by atoms with Crippen LogP contribution in [0, 0.1) is 0 Å². The van der Waals surface area contributed by atoms with Crippen molar-refractivity contribution in [2.75, 3.05) is 0 Å². The number of benzene rings is 11. The molecule has 1 aliphatic rings. The molecule has 0 saturated heterocycles. The Morgan fingerprint density at radius 1 is 0.382 bits per heavy atom. The van der Waals surface area contributed by atoms with E-state index in [9.17, 15) is 0 Å². The van der Waals surface area contributed by atoms with Crippen LogP contribution in [0.3, 0.4) is 0 Å². The average Bonchev–Trinajstić information content (AvgIpc) is 3.91. The highest BCUT2D eigenvalue weighted by atomic mass is 16.3. The lowest BCUT2D eigenvalue weighted by Crippen LogP contribution is -2.10. The minimum Gasteiger partial charge on any atom is -0.455 e. The van der Waals surface area contributed by atoms with Gasteiger partial charge in [0.2, 0.25) is 0 Å². The molecule has 68 heavy (non-hydrogen) atoms. The highest BCUT2D eigenvalue weighted by Gasteiger charge is 2.23. The number of nitrogens with zero attached hydrogens (tertiary/aromatic N) is 3. The lowest BCUT2D eigenvalue weighted by molar-refractivity contribution is 0.668. The van der Waals surface area contributed by atoms with Crippen molar-refractivity contribution in [3.63, 3.8) is 0 Å². The molecule has 0 saturated carbocycles. The fourth-order valence-electron chi connectivity index (χ4n) is 10.8. The number of aliphatic imine (C=N–C) groups is 2. The molecule has 0 atom stereocenters. The van der Waals surface area contributed by atoms with Crippen LogP contribution < -0.4 is 0 Å². The molecule has 0 fully saturated rings. The molecule has 0 radical (unpaired) electrons. The average molecular weight is 868 g/mol. The standard InChI is InChI=1S/C64H41N3O/c1-2-16-40(17-3-1)41-23-14-24-47(32-41)58-29-15-30-59(66-64(65-58)56-35-46-22-8-9-25-49(46)50-26-10-11-27-51(50)56)57-39-48(38-55-54-34-43-19-5-7-21-45(43)37-62(54)68-63(55)57)67-60-31-13-12-28-52(60)53-33-42-18-4-6-20-44(42)36-61(53)67/h1-14,16-28,30-39H,15,29H2/b59-30-,65-58+,66-64-. The topological polar surface area (TPSA) is 42.8 Å². The highest BCUT2D eigenvalue weighted by molar-refractivity contribution is 6.23. The minimum atomic E-state index is 0.668. The first kappa shape index (κ1) is 38.4. The zero-order valence-electron chi connectivity index (χ0n) is 37.0. The number of fused-ring (bicyclic) bond motifs is 11. The third-order valence-corrected chi connectivity index (χ3v) is 14.0. The second-order valence-electron chi connectivity index (χ2n) is 18.0. The second kappa shape index (κ2) is 15.4. The van der Waals surface area contributed by atoms with Gasteiger partial charge < -0.3 is 8.98 Å². The van der Waals surface area contributed by atoms with Gasteiger partial charge in [0.1, 0.15) is 11.2 Å². The van der Waals surface area contributed by atoms with Crippen molar-refractivity contribution >= 4 is 104 Å². The Morgan fingerprint density at radius 2 is 1.01 bits per heavy atom. The molecule has 0 amide bonds. The Balaban J connectivity index is 1.06. The van der Waals surface area contributed by atoms with E-state index >= 15 is 0 Å². The van der Waals surface area contributed by atoms with Crippen LogP contribution in [0.1, 0.15) is 29.5 Å². The number of hydrogen-bond acceptors (Lipinski definition) is 3. The van der Waals surface area contributed by atoms with Crippen molar-refractivity contribution in [3.8, 4) is 16.8 Å². The predicted octanol–water partition coefficient (Wildman–Crippen LogP) is 17.0. The number of allylic oxidation sites excluding steroid dienone is 1. The summed E-state index contributed by atoms with van der Waals surface area (Å²) >= 11 is 0. The van der Waals surface area contributed by atoms with E-state index in [1.54, 1.807) is 0 Å². The van der Waals surface area contributed by atoms with E-state index < -0.39 is 0 Å². The number of furan rings is 1. The Hall–Kier alpha value is -8.86.